The topological polar surface area (TPSA) is 53.6 Å². The van der Waals surface area contributed by atoms with Crippen LogP contribution in [0.15, 0.2) is 0 Å². The molecule has 1 unspecified atom stereocenters. The predicted octanol–water partition coefficient (Wildman–Crippen LogP) is 0.746. The average molecular weight is 283 g/mol. The van der Waals surface area contributed by atoms with Crippen molar-refractivity contribution in [2.75, 3.05) is 39.9 Å². The highest BCUT2D eigenvalue weighted by Crippen LogP contribution is 2.12. The summed E-state index contributed by atoms with van der Waals surface area (Å²) in [5.74, 6) is 0.224. The van der Waals surface area contributed by atoms with Crippen LogP contribution in [-0.4, -0.2) is 62.8 Å². The zero-order valence-electron chi connectivity index (χ0n) is 12.7. The molecular formula is C15H29N3O2. The first kappa shape index (κ1) is 15.7. The van der Waals surface area contributed by atoms with E-state index in [0.717, 1.165) is 58.5 Å². The lowest BCUT2D eigenvalue weighted by atomic mass is 10.0. The molecule has 2 N–H and O–H groups in total. The maximum Gasteiger partial charge on any atom is 0.221 e. The van der Waals surface area contributed by atoms with Crippen molar-refractivity contribution in [3.05, 3.63) is 0 Å². The molecule has 0 saturated carbocycles. The number of piperidine rings is 1. The van der Waals surface area contributed by atoms with E-state index in [4.69, 9.17) is 4.74 Å². The van der Waals surface area contributed by atoms with Gasteiger partial charge in [-0.25, -0.2) is 0 Å². The van der Waals surface area contributed by atoms with Crippen LogP contribution < -0.4 is 10.6 Å². The number of hydrogen-bond acceptors (Lipinski definition) is 4. The van der Waals surface area contributed by atoms with E-state index in [1.807, 2.05) is 0 Å². The van der Waals surface area contributed by atoms with Gasteiger partial charge >= 0.3 is 0 Å². The number of ether oxygens (including phenoxy) is 1. The minimum Gasteiger partial charge on any atom is -0.385 e. The van der Waals surface area contributed by atoms with E-state index in [1.54, 1.807) is 7.11 Å². The highest BCUT2D eigenvalue weighted by Gasteiger charge is 2.22. The molecule has 0 spiro atoms. The second kappa shape index (κ2) is 8.60. The highest BCUT2D eigenvalue weighted by atomic mass is 16.5. The van der Waals surface area contributed by atoms with E-state index in [-0.39, 0.29) is 5.91 Å². The molecule has 2 aliphatic rings. The molecule has 2 fully saturated rings. The Bertz CT molecular complexity index is 285. The molecule has 1 amide bonds. The molecule has 0 aromatic carbocycles. The molecule has 0 radical (unpaired) electrons. The van der Waals surface area contributed by atoms with Gasteiger partial charge in [0.05, 0.1) is 0 Å². The van der Waals surface area contributed by atoms with Crippen molar-refractivity contribution in [2.24, 2.45) is 0 Å². The number of nitrogens with zero attached hydrogens (tertiary/aromatic N) is 1. The van der Waals surface area contributed by atoms with Gasteiger partial charge in [-0.15, -0.1) is 0 Å². The van der Waals surface area contributed by atoms with Crippen LogP contribution in [0.1, 0.15) is 38.5 Å². The third-order valence-electron chi connectivity index (χ3n) is 4.37. The number of rotatable bonds is 7. The number of likely N-dealkylation sites (tertiary alicyclic amines) is 1. The first-order valence-corrected chi connectivity index (χ1v) is 8.02. The summed E-state index contributed by atoms with van der Waals surface area (Å²) in [6, 6.07) is 0.784. The van der Waals surface area contributed by atoms with E-state index in [9.17, 15) is 4.79 Å². The smallest absolute Gasteiger partial charge is 0.221 e. The van der Waals surface area contributed by atoms with E-state index in [2.05, 4.69) is 15.5 Å². The summed E-state index contributed by atoms with van der Waals surface area (Å²) in [6.07, 6.45) is 6.26. The van der Waals surface area contributed by atoms with Crippen LogP contribution in [0.5, 0.6) is 0 Å². The monoisotopic (exact) mass is 283 g/mol. The first-order chi connectivity index (χ1) is 9.78. The Balaban J connectivity index is 1.57. The highest BCUT2D eigenvalue weighted by molar-refractivity contribution is 5.76. The minimum atomic E-state index is 0.224. The number of hydrogen-bond donors (Lipinski definition) is 2. The summed E-state index contributed by atoms with van der Waals surface area (Å²) in [6.45, 7) is 5.20. The third-order valence-corrected chi connectivity index (χ3v) is 4.37. The van der Waals surface area contributed by atoms with Crippen molar-refractivity contribution in [1.82, 2.24) is 15.5 Å². The van der Waals surface area contributed by atoms with Crippen LogP contribution in [0.2, 0.25) is 0 Å². The summed E-state index contributed by atoms with van der Waals surface area (Å²) >= 11 is 0. The third kappa shape index (κ3) is 5.38. The molecule has 5 heteroatoms. The van der Waals surface area contributed by atoms with Crippen molar-refractivity contribution < 1.29 is 9.53 Å². The Morgan fingerprint density at radius 2 is 2.15 bits per heavy atom. The predicted molar refractivity (Wildman–Crippen MR) is 79.7 cm³/mol. The number of carbonyl (C=O) groups excluding carboxylic acids is 1. The van der Waals surface area contributed by atoms with Gasteiger partial charge in [-0.2, -0.15) is 0 Å². The molecule has 0 aromatic rings. The second-order valence-corrected chi connectivity index (χ2v) is 6.03. The van der Waals surface area contributed by atoms with Crippen LogP contribution in [0.4, 0.5) is 0 Å². The largest absolute Gasteiger partial charge is 0.385 e. The summed E-state index contributed by atoms with van der Waals surface area (Å²) in [7, 11) is 1.75. The lowest BCUT2D eigenvalue weighted by molar-refractivity contribution is -0.122. The lowest BCUT2D eigenvalue weighted by Crippen LogP contribution is -2.46. The SMILES string of the molecule is COCCCN1CCC(NC(=O)CC2CCCN2)CC1. The number of methoxy groups -OCH3 is 1. The van der Waals surface area contributed by atoms with Crippen LogP contribution in [0.3, 0.4) is 0 Å². The number of nitrogens with one attached hydrogen (secondary N) is 2. The fraction of sp³-hybridized carbons (Fsp3) is 0.933. The lowest BCUT2D eigenvalue weighted by Gasteiger charge is -2.32. The second-order valence-electron chi connectivity index (χ2n) is 6.03. The summed E-state index contributed by atoms with van der Waals surface area (Å²) in [5.41, 5.74) is 0. The normalized spacial score (nSPS) is 24.9. The molecule has 5 nitrogen and oxygen atoms in total. The zero-order valence-corrected chi connectivity index (χ0v) is 12.7. The van der Waals surface area contributed by atoms with Gasteiger partial charge in [0, 0.05) is 51.9 Å². The summed E-state index contributed by atoms with van der Waals surface area (Å²) in [5, 5.41) is 6.58. The average Bonchev–Trinajstić information content (AvgIpc) is 2.94. The summed E-state index contributed by atoms with van der Waals surface area (Å²) in [4.78, 5) is 14.5. The van der Waals surface area contributed by atoms with Crippen molar-refractivity contribution in [3.8, 4) is 0 Å². The van der Waals surface area contributed by atoms with Gasteiger partial charge in [0.2, 0.25) is 5.91 Å². The molecule has 0 aliphatic carbocycles. The molecule has 116 valence electrons. The van der Waals surface area contributed by atoms with E-state index in [0.29, 0.717) is 18.5 Å². The maximum atomic E-state index is 12.0. The van der Waals surface area contributed by atoms with Gasteiger partial charge in [-0.3, -0.25) is 4.79 Å². The van der Waals surface area contributed by atoms with Crippen molar-refractivity contribution in [3.63, 3.8) is 0 Å². The van der Waals surface area contributed by atoms with Crippen LogP contribution in [0.25, 0.3) is 0 Å². The van der Waals surface area contributed by atoms with Crippen molar-refractivity contribution in [1.29, 1.82) is 0 Å². The van der Waals surface area contributed by atoms with Gasteiger partial charge in [0.25, 0.3) is 0 Å². The molecular weight excluding hydrogens is 254 g/mol. The van der Waals surface area contributed by atoms with Gasteiger partial charge in [-0.1, -0.05) is 0 Å². The Hall–Kier alpha value is -0.650. The number of amides is 1. The minimum absolute atomic E-state index is 0.224. The molecule has 0 bridgehead atoms. The molecule has 2 heterocycles. The molecule has 2 aliphatic heterocycles. The Morgan fingerprint density at radius 3 is 2.80 bits per heavy atom. The van der Waals surface area contributed by atoms with Crippen LogP contribution >= 0.6 is 0 Å². The molecule has 2 rings (SSSR count). The number of carbonyl (C=O) groups is 1. The van der Waals surface area contributed by atoms with Crippen molar-refractivity contribution in [2.45, 2.75) is 50.6 Å². The van der Waals surface area contributed by atoms with Crippen LogP contribution in [0, 0.1) is 0 Å². The molecule has 2 saturated heterocycles. The Labute approximate surface area is 122 Å². The molecule has 0 aromatic heterocycles. The van der Waals surface area contributed by atoms with Gasteiger partial charge < -0.3 is 20.3 Å². The van der Waals surface area contributed by atoms with Crippen molar-refractivity contribution >= 4 is 5.91 Å². The van der Waals surface area contributed by atoms with E-state index >= 15 is 0 Å². The van der Waals surface area contributed by atoms with Gasteiger partial charge in [0.15, 0.2) is 0 Å². The summed E-state index contributed by atoms with van der Waals surface area (Å²) < 4.78 is 5.08. The standard InChI is InChI=1S/C15H29N3O2/c1-20-11-3-8-18-9-5-13(6-10-18)17-15(19)12-14-4-2-7-16-14/h13-14,16H,2-12H2,1H3,(H,17,19). The Kier molecular flexibility index (Phi) is 6.76. The zero-order chi connectivity index (χ0) is 14.2. The Morgan fingerprint density at radius 1 is 1.35 bits per heavy atom. The maximum absolute atomic E-state index is 12.0. The quantitative estimate of drug-likeness (QED) is 0.677. The first-order valence-electron chi connectivity index (χ1n) is 8.02. The molecule has 1 atom stereocenters. The fourth-order valence-electron chi connectivity index (χ4n) is 3.17. The fourth-order valence-corrected chi connectivity index (χ4v) is 3.17. The van der Waals surface area contributed by atoms with Gasteiger partial charge in [-0.05, 0) is 38.6 Å². The van der Waals surface area contributed by atoms with E-state index in [1.165, 1.54) is 6.42 Å². The molecule has 20 heavy (non-hydrogen) atoms. The van der Waals surface area contributed by atoms with E-state index < -0.39 is 0 Å². The van der Waals surface area contributed by atoms with Crippen LogP contribution in [-0.2, 0) is 9.53 Å². The van der Waals surface area contributed by atoms with Gasteiger partial charge in [0.1, 0.15) is 0 Å².